The molecule has 2 saturated carbocycles. The van der Waals surface area contributed by atoms with Crippen LogP contribution in [0.15, 0.2) is 18.2 Å². The van der Waals surface area contributed by atoms with Crippen LogP contribution in [-0.4, -0.2) is 37.0 Å². The van der Waals surface area contributed by atoms with Crippen LogP contribution in [0.25, 0.3) is 0 Å². The van der Waals surface area contributed by atoms with Crippen LogP contribution in [0.4, 0.5) is 5.69 Å². The van der Waals surface area contributed by atoms with Gasteiger partial charge >= 0.3 is 0 Å². The molecule has 5 heteroatoms. The van der Waals surface area contributed by atoms with Gasteiger partial charge in [0.15, 0.2) is 0 Å². The molecule has 3 rings (SSSR count). The molecule has 0 spiro atoms. The largest absolute Gasteiger partial charge is 0.353 e. The van der Waals surface area contributed by atoms with Crippen LogP contribution in [0.2, 0.25) is 0 Å². The van der Waals surface area contributed by atoms with Gasteiger partial charge in [-0.2, -0.15) is 0 Å². The van der Waals surface area contributed by atoms with E-state index in [0.717, 1.165) is 36.9 Å². The van der Waals surface area contributed by atoms with Crippen LogP contribution >= 0.6 is 0 Å². The molecule has 0 heterocycles. The average Bonchev–Trinajstić information content (AvgIpc) is 3.38. The number of nitrogens with zero attached hydrogens (tertiary/aromatic N) is 1. The molecule has 2 fully saturated rings. The fourth-order valence-corrected chi connectivity index (χ4v) is 2.51. The lowest BCUT2D eigenvalue weighted by atomic mass is 10.1. The molecule has 0 unspecified atom stereocenters. The van der Waals surface area contributed by atoms with Crippen molar-refractivity contribution in [1.29, 1.82) is 0 Å². The molecule has 2 amide bonds. The summed E-state index contributed by atoms with van der Waals surface area (Å²) in [6, 6.07) is 6.74. The Morgan fingerprint density at radius 1 is 0.957 bits per heavy atom. The van der Waals surface area contributed by atoms with Crippen LogP contribution in [0.1, 0.15) is 36.8 Å². The highest BCUT2D eigenvalue weighted by Gasteiger charge is 2.26. The Balaban J connectivity index is 1.68. The Morgan fingerprint density at radius 2 is 1.48 bits per heavy atom. The SMILES string of the molecule is Cc1ccc(N(CC(=O)NC2CC2)CC(=O)NC2CC2)cc1C. The first-order valence-corrected chi connectivity index (χ1v) is 8.42. The maximum atomic E-state index is 12.2. The van der Waals surface area contributed by atoms with Gasteiger partial charge in [-0.3, -0.25) is 9.59 Å². The second-order valence-electron chi connectivity index (χ2n) is 6.81. The molecule has 0 radical (unpaired) electrons. The molecule has 2 aliphatic rings. The number of carbonyl (C=O) groups excluding carboxylic acids is 2. The number of rotatable bonds is 7. The lowest BCUT2D eigenvalue weighted by Gasteiger charge is -2.24. The number of nitrogens with one attached hydrogen (secondary N) is 2. The van der Waals surface area contributed by atoms with Gasteiger partial charge in [0, 0.05) is 17.8 Å². The zero-order valence-corrected chi connectivity index (χ0v) is 13.9. The Morgan fingerprint density at radius 3 is 1.91 bits per heavy atom. The summed E-state index contributed by atoms with van der Waals surface area (Å²) in [5.74, 6) is -0.0186. The predicted octanol–water partition coefficient (Wildman–Crippen LogP) is 1.67. The Labute approximate surface area is 137 Å². The van der Waals surface area contributed by atoms with Crippen LogP contribution in [0.5, 0.6) is 0 Å². The Bertz CT molecular complexity index is 578. The maximum Gasteiger partial charge on any atom is 0.239 e. The molecule has 0 aliphatic heterocycles. The van der Waals surface area contributed by atoms with Crippen molar-refractivity contribution in [3.8, 4) is 0 Å². The number of benzene rings is 1. The van der Waals surface area contributed by atoms with E-state index < -0.39 is 0 Å². The molecule has 2 aliphatic carbocycles. The third-order valence-electron chi connectivity index (χ3n) is 4.41. The lowest BCUT2D eigenvalue weighted by molar-refractivity contribution is -0.120. The predicted molar refractivity (Wildman–Crippen MR) is 90.5 cm³/mol. The van der Waals surface area contributed by atoms with Crippen molar-refractivity contribution >= 4 is 17.5 Å². The van der Waals surface area contributed by atoms with Gasteiger partial charge < -0.3 is 15.5 Å². The third kappa shape index (κ3) is 4.71. The zero-order valence-electron chi connectivity index (χ0n) is 13.9. The van der Waals surface area contributed by atoms with Crippen molar-refractivity contribution in [2.24, 2.45) is 0 Å². The second kappa shape index (κ2) is 6.60. The van der Waals surface area contributed by atoms with Gasteiger partial charge in [0.2, 0.25) is 11.8 Å². The van der Waals surface area contributed by atoms with Gasteiger partial charge in [0.1, 0.15) is 0 Å². The summed E-state index contributed by atoms with van der Waals surface area (Å²) in [7, 11) is 0. The molecule has 2 N–H and O–H groups in total. The van der Waals surface area contributed by atoms with Crippen molar-refractivity contribution in [3.63, 3.8) is 0 Å². The first-order valence-electron chi connectivity index (χ1n) is 8.42. The summed E-state index contributed by atoms with van der Waals surface area (Å²) in [4.78, 5) is 26.2. The summed E-state index contributed by atoms with van der Waals surface area (Å²) in [5.41, 5.74) is 3.29. The molecule has 0 bridgehead atoms. The van der Waals surface area contributed by atoms with Gasteiger partial charge in [0.05, 0.1) is 13.1 Å². The van der Waals surface area contributed by atoms with E-state index in [4.69, 9.17) is 0 Å². The first kappa shape index (κ1) is 15.8. The molecule has 0 atom stereocenters. The van der Waals surface area contributed by atoms with Crippen molar-refractivity contribution in [2.45, 2.75) is 51.6 Å². The number of hydrogen-bond donors (Lipinski definition) is 2. The average molecular weight is 315 g/mol. The molecule has 1 aromatic rings. The minimum absolute atomic E-state index is 0.00931. The molecule has 1 aromatic carbocycles. The number of aryl methyl sites for hydroxylation is 2. The third-order valence-corrected chi connectivity index (χ3v) is 4.41. The van der Waals surface area contributed by atoms with Crippen molar-refractivity contribution < 1.29 is 9.59 Å². The van der Waals surface area contributed by atoms with Crippen LogP contribution in [-0.2, 0) is 9.59 Å². The first-order chi connectivity index (χ1) is 11.0. The summed E-state index contributed by atoms with van der Waals surface area (Å²) in [6.45, 7) is 4.54. The van der Waals surface area contributed by atoms with Crippen LogP contribution in [0, 0.1) is 13.8 Å². The molecule has 0 aromatic heterocycles. The zero-order chi connectivity index (χ0) is 16.4. The van der Waals surface area contributed by atoms with E-state index in [9.17, 15) is 9.59 Å². The lowest BCUT2D eigenvalue weighted by Crippen LogP contribution is -2.44. The highest BCUT2D eigenvalue weighted by Crippen LogP contribution is 2.21. The molecule has 124 valence electrons. The van der Waals surface area contributed by atoms with Crippen LogP contribution in [0.3, 0.4) is 0 Å². The second-order valence-corrected chi connectivity index (χ2v) is 6.81. The molecular formula is C18H25N3O2. The Kier molecular flexibility index (Phi) is 4.55. The fraction of sp³-hybridized carbons (Fsp3) is 0.556. The summed E-state index contributed by atoms with van der Waals surface area (Å²) in [5, 5.41) is 5.99. The minimum atomic E-state index is -0.00931. The van der Waals surface area contributed by atoms with Crippen molar-refractivity contribution in [2.75, 3.05) is 18.0 Å². The number of hydrogen-bond acceptors (Lipinski definition) is 3. The van der Waals surface area contributed by atoms with E-state index in [0.29, 0.717) is 12.1 Å². The molecule has 0 saturated heterocycles. The van der Waals surface area contributed by atoms with Crippen molar-refractivity contribution in [3.05, 3.63) is 29.3 Å². The maximum absolute atomic E-state index is 12.2. The van der Waals surface area contributed by atoms with E-state index in [-0.39, 0.29) is 24.9 Å². The van der Waals surface area contributed by atoms with E-state index in [2.05, 4.69) is 17.6 Å². The normalized spacial score (nSPS) is 16.8. The van der Waals surface area contributed by atoms with Gasteiger partial charge in [-0.1, -0.05) is 6.07 Å². The molecule has 5 nitrogen and oxygen atoms in total. The smallest absolute Gasteiger partial charge is 0.239 e. The van der Waals surface area contributed by atoms with Gasteiger partial charge in [0.25, 0.3) is 0 Å². The van der Waals surface area contributed by atoms with Gasteiger partial charge in [-0.05, 0) is 62.8 Å². The highest BCUT2D eigenvalue weighted by atomic mass is 16.2. The quantitative estimate of drug-likeness (QED) is 0.804. The van der Waals surface area contributed by atoms with E-state index >= 15 is 0 Å². The number of anilines is 1. The topological polar surface area (TPSA) is 61.4 Å². The van der Waals surface area contributed by atoms with E-state index in [1.165, 1.54) is 5.56 Å². The van der Waals surface area contributed by atoms with Gasteiger partial charge in [-0.25, -0.2) is 0 Å². The van der Waals surface area contributed by atoms with Crippen molar-refractivity contribution in [1.82, 2.24) is 10.6 Å². The minimum Gasteiger partial charge on any atom is -0.353 e. The van der Waals surface area contributed by atoms with E-state index in [1.807, 2.05) is 30.0 Å². The summed E-state index contributed by atoms with van der Waals surface area (Å²) >= 11 is 0. The fourth-order valence-electron chi connectivity index (χ4n) is 2.51. The number of carbonyl (C=O) groups is 2. The number of amides is 2. The monoisotopic (exact) mass is 315 g/mol. The van der Waals surface area contributed by atoms with Crippen LogP contribution < -0.4 is 15.5 Å². The highest BCUT2D eigenvalue weighted by molar-refractivity contribution is 5.87. The molecular weight excluding hydrogens is 290 g/mol. The summed E-state index contributed by atoms with van der Waals surface area (Å²) in [6.07, 6.45) is 4.27. The standard InChI is InChI=1S/C18H25N3O2/c1-12-3-8-16(9-13(12)2)21(10-17(22)19-14-4-5-14)11-18(23)20-15-6-7-15/h3,8-9,14-15H,4-7,10-11H2,1-2H3,(H,19,22)(H,20,23). The molecule has 23 heavy (non-hydrogen) atoms. The summed E-state index contributed by atoms with van der Waals surface area (Å²) < 4.78 is 0. The Hall–Kier alpha value is -2.04. The van der Waals surface area contributed by atoms with Gasteiger partial charge in [-0.15, -0.1) is 0 Å². The van der Waals surface area contributed by atoms with E-state index in [1.54, 1.807) is 0 Å².